The summed E-state index contributed by atoms with van der Waals surface area (Å²) < 4.78 is 9.81. The van der Waals surface area contributed by atoms with Crippen LogP contribution in [0.4, 0.5) is 4.79 Å². The first kappa shape index (κ1) is 38.2. The number of hydrogen-bond donors (Lipinski definition) is 6. The minimum Gasteiger partial charge on any atom is -0.467 e. The molecule has 0 aromatic heterocycles. The van der Waals surface area contributed by atoms with Gasteiger partial charge < -0.3 is 41.4 Å². The second-order valence-corrected chi connectivity index (χ2v) is 10.8. The summed E-state index contributed by atoms with van der Waals surface area (Å²) in [6, 6.07) is 24.7. The summed E-state index contributed by atoms with van der Waals surface area (Å²) in [5, 5.41) is 14.5. The smallest absolute Gasteiger partial charge is 0.407 e. The number of ether oxygens (including phenoxy) is 2. The van der Waals surface area contributed by atoms with E-state index in [2.05, 4.69) is 31.9 Å². The van der Waals surface area contributed by atoms with E-state index < -0.39 is 79.9 Å². The standard InChI is InChI=1S/C35H40N6O9/c1-49-34(47)28(18-25-13-7-3-8-14-25)41-32(45)22-36-29(42)19-38-33(46)27(17-24-11-5-2-6-12-24)40-31(44)21-37-30(43)20-39-35(48)50-23-26-15-9-4-10-16-26/h2-16,27-28H,17-23H2,1H3,(H,36,42)(H,37,43)(H,38,46)(H,39,48)(H,40,44)(H,41,45)/t27-,28-/m0/s1. The van der Waals surface area contributed by atoms with E-state index in [-0.39, 0.29) is 19.4 Å². The molecule has 15 nitrogen and oxygen atoms in total. The van der Waals surface area contributed by atoms with Crippen molar-refractivity contribution in [1.82, 2.24) is 31.9 Å². The zero-order chi connectivity index (χ0) is 36.1. The summed E-state index contributed by atoms with van der Waals surface area (Å²) in [5.74, 6) is -4.05. The zero-order valence-electron chi connectivity index (χ0n) is 27.4. The molecule has 3 rings (SSSR count). The Labute approximate surface area is 288 Å². The van der Waals surface area contributed by atoms with Gasteiger partial charge in [-0.15, -0.1) is 0 Å². The maximum absolute atomic E-state index is 13.0. The van der Waals surface area contributed by atoms with Gasteiger partial charge in [-0.2, -0.15) is 0 Å². The fourth-order valence-electron chi connectivity index (χ4n) is 4.44. The van der Waals surface area contributed by atoms with Gasteiger partial charge in [0.15, 0.2) is 0 Å². The molecule has 0 radical (unpaired) electrons. The van der Waals surface area contributed by atoms with Gasteiger partial charge >= 0.3 is 12.1 Å². The number of carbonyl (C=O) groups excluding carboxylic acids is 7. The lowest BCUT2D eigenvalue weighted by atomic mass is 10.1. The van der Waals surface area contributed by atoms with Gasteiger partial charge in [-0.05, 0) is 16.7 Å². The molecule has 0 bridgehead atoms. The highest BCUT2D eigenvalue weighted by atomic mass is 16.5. The summed E-state index contributed by atoms with van der Waals surface area (Å²) in [6.07, 6.45) is -0.560. The fourth-order valence-corrected chi connectivity index (χ4v) is 4.44. The van der Waals surface area contributed by atoms with Gasteiger partial charge in [0.2, 0.25) is 29.5 Å². The largest absolute Gasteiger partial charge is 0.467 e. The monoisotopic (exact) mass is 688 g/mol. The van der Waals surface area contributed by atoms with Crippen molar-refractivity contribution in [2.24, 2.45) is 0 Å². The summed E-state index contributed by atoms with van der Waals surface area (Å²) in [4.78, 5) is 86.9. The molecule has 0 aliphatic rings. The van der Waals surface area contributed by atoms with Crippen molar-refractivity contribution in [2.75, 3.05) is 33.3 Å². The number of benzene rings is 3. The van der Waals surface area contributed by atoms with E-state index in [1.54, 1.807) is 78.9 Å². The molecule has 15 heteroatoms. The summed E-state index contributed by atoms with van der Waals surface area (Å²) >= 11 is 0. The maximum atomic E-state index is 13.0. The molecule has 0 aliphatic heterocycles. The third-order valence-electron chi connectivity index (χ3n) is 6.96. The molecule has 0 aliphatic carbocycles. The van der Waals surface area contributed by atoms with Gasteiger partial charge in [-0.3, -0.25) is 24.0 Å². The van der Waals surface area contributed by atoms with Crippen LogP contribution in [0.25, 0.3) is 0 Å². The number of methoxy groups -OCH3 is 1. The summed E-state index contributed by atoms with van der Waals surface area (Å²) in [7, 11) is 1.20. The number of rotatable bonds is 18. The Bertz CT molecular complexity index is 1590. The van der Waals surface area contributed by atoms with Crippen LogP contribution in [0.2, 0.25) is 0 Å². The topological polar surface area (TPSA) is 210 Å². The van der Waals surface area contributed by atoms with Crippen molar-refractivity contribution in [3.8, 4) is 0 Å². The molecule has 3 aromatic rings. The van der Waals surface area contributed by atoms with E-state index in [0.717, 1.165) is 11.1 Å². The Morgan fingerprint density at radius 3 is 1.44 bits per heavy atom. The molecule has 2 atom stereocenters. The first-order valence-corrected chi connectivity index (χ1v) is 15.6. The average Bonchev–Trinajstić information content (AvgIpc) is 3.14. The van der Waals surface area contributed by atoms with Crippen LogP contribution in [0.5, 0.6) is 0 Å². The van der Waals surface area contributed by atoms with E-state index in [1.165, 1.54) is 7.11 Å². The van der Waals surface area contributed by atoms with E-state index in [9.17, 15) is 33.6 Å². The van der Waals surface area contributed by atoms with Crippen LogP contribution in [0.15, 0.2) is 91.0 Å². The van der Waals surface area contributed by atoms with Crippen LogP contribution in [0, 0.1) is 0 Å². The van der Waals surface area contributed by atoms with Crippen molar-refractivity contribution in [3.63, 3.8) is 0 Å². The van der Waals surface area contributed by atoms with Crippen LogP contribution in [-0.2, 0) is 57.7 Å². The Morgan fingerprint density at radius 2 is 0.940 bits per heavy atom. The zero-order valence-corrected chi connectivity index (χ0v) is 27.4. The van der Waals surface area contributed by atoms with Crippen LogP contribution >= 0.6 is 0 Å². The highest BCUT2D eigenvalue weighted by molar-refractivity contribution is 5.93. The molecule has 0 saturated heterocycles. The maximum Gasteiger partial charge on any atom is 0.407 e. The number of esters is 1. The molecule has 0 heterocycles. The number of alkyl carbamates (subject to hydrolysis) is 1. The highest BCUT2D eigenvalue weighted by Crippen LogP contribution is 2.06. The molecular formula is C35H40N6O9. The molecule has 6 N–H and O–H groups in total. The Hall–Kier alpha value is -6.25. The Balaban J connectivity index is 1.43. The molecular weight excluding hydrogens is 648 g/mol. The molecule has 0 unspecified atom stereocenters. The molecule has 3 aromatic carbocycles. The second-order valence-electron chi connectivity index (χ2n) is 10.8. The van der Waals surface area contributed by atoms with Gasteiger partial charge in [0.05, 0.1) is 26.7 Å². The van der Waals surface area contributed by atoms with Crippen LogP contribution in [-0.4, -0.2) is 87.0 Å². The number of hydrogen-bond acceptors (Lipinski definition) is 9. The quantitative estimate of drug-likeness (QED) is 0.0984. The number of nitrogens with one attached hydrogen (secondary N) is 6. The van der Waals surface area contributed by atoms with Crippen molar-refractivity contribution < 1.29 is 43.0 Å². The molecule has 264 valence electrons. The summed E-state index contributed by atoms with van der Waals surface area (Å²) in [5.41, 5.74) is 2.28. The first-order chi connectivity index (χ1) is 24.1. The van der Waals surface area contributed by atoms with E-state index in [0.29, 0.717) is 5.56 Å². The van der Waals surface area contributed by atoms with Crippen molar-refractivity contribution in [1.29, 1.82) is 0 Å². The third-order valence-corrected chi connectivity index (χ3v) is 6.96. The fraction of sp³-hybridized carbons (Fsp3) is 0.286. The molecule has 0 fully saturated rings. The second kappa shape index (κ2) is 20.9. The molecule has 0 spiro atoms. The minimum absolute atomic E-state index is 0.0191. The van der Waals surface area contributed by atoms with Crippen molar-refractivity contribution in [3.05, 3.63) is 108 Å². The molecule has 50 heavy (non-hydrogen) atoms. The van der Waals surface area contributed by atoms with Crippen molar-refractivity contribution >= 4 is 41.6 Å². The van der Waals surface area contributed by atoms with E-state index in [1.807, 2.05) is 12.1 Å². The molecule has 0 saturated carbocycles. The van der Waals surface area contributed by atoms with Gasteiger partial charge in [0.1, 0.15) is 25.2 Å². The Kier molecular flexibility index (Phi) is 15.9. The first-order valence-electron chi connectivity index (χ1n) is 15.6. The lowest BCUT2D eigenvalue weighted by molar-refractivity contribution is -0.145. The van der Waals surface area contributed by atoms with Crippen molar-refractivity contribution in [2.45, 2.75) is 31.5 Å². The van der Waals surface area contributed by atoms with E-state index in [4.69, 9.17) is 9.47 Å². The normalized spacial score (nSPS) is 11.5. The van der Waals surface area contributed by atoms with Crippen LogP contribution < -0.4 is 31.9 Å². The van der Waals surface area contributed by atoms with Gasteiger partial charge in [0, 0.05) is 12.8 Å². The number of amides is 6. The number of carbonyl (C=O) groups is 7. The molecule has 6 amide bonds. The summed E-state index contributed by atoms with van der Waals surface area (Å²) in [6.45, 7) is -1.91. The minimum atomic E-state index is -1.12. The van der Waals surface area contributed by atoms with Crippen LogP contribution in [0.1, 0.15) is 16.7 Å². The van der Waals surface area contributed by atoms with Gasteiger partial charge in [0.25, 0.3) is 0 Å². The average molecular weight is 689 g/mol. The predicted molar refractivity (Wildman–Crippen MR) is 180 cm³/mol. The van der Waals surface area contributed by atoms with Gasteiger partial charge in [-0.25, -0.2) is 9.59 Å². The predicted octanol–water partition coefficient (Wildman–Crippen LogP) is -0.111. The van der Waals surface area contributed by atoms with Gasteiger partial charge in [-0.1, -0.05) is 91.0 Å². The Morgan fingerprint density at radius 1 is 0.520 bits per heavy atom. The van der Waals surface area contributed by atoms with E-state index >= 15 is 0 Å². The lowest BCUT2D eigenvalue weighted by Gasteiger charge is -2.19. The lowest BCUT2D eigenvalue weighted by Crippen LogP contribution is -2.53. The SMILES string of the molecule is COC(=O)[C@H](Cc1ccccc1)NC(=O)CNC(=O)CNC(=O)[C@H](Cc1ccccc1)NC(=O)CNC(=O)CNC(=O)OCc1ccccc1. The highest BCUT2D eigenvalue weighted by Gasteiger charge is 2.24. The van der Waals surface area contributed by atoms with Crippen LogP contribution in [0.3, 0.4) is 0 Å². The third kappa shape index (κ3) is 14.7.